The zero-order chi connectivity index (χ0) is 20.4. The number of carbonyl (C=O) groups is 1. The summed E-state index contributed by atoms with van der Waals surface area (Å²) in [6.07, 6.45) is 0.472. The Balaban J connectivity index is 0.000000516. The Labute approximate surface area is 165 Å². The lowest BCUT2D eigenvalue weighted by atomic mass is 10.00. The number of carboxylic acids is 1. The lowest BCUT2D eigenvalue weighted by Gasteiger charge is -2.13. The van der Waals surface area contributed by atoms with Gasteiger partial charge in [-0.15, -0.1) is 0 Å². The fourth-order valence-electron chi connectivity index (χ4n) is 2.96. The van der Waals surface area contributed by atoms with Gasteiger partial charge in [-0.05, 0) is 37.3 Å². The summed E-state index contributed by atoms with van der Waals surface area (Å²) >= 11 is 6.16. The number of benzene rings is 2. The topological polar surface area (TPSA) is 87.7 Å². The van der Waals surface area contributed by atoms with Crippen molar-refractivity contribution in [3.05, 3.63) is 82.1 Å². The summed E-state index contributed by atoms with van der Waals surface area (Å²) in [5.74, 6) is -0.854. The number of aliphatic hydroxyl groups is 1. The van der Waals surface area contributed by atoms with Crippen molar-refractivity contribution in [2.45, 2.75) is 20.1 Å². The van der Waals surface area contributed by atoms with Gasteiger partial charge in [0, 0.05) is 35.0 Å². The molecule has 1 unspecified atom stereocenters. The van der Waals surface area contributed by atoms with Crippen LogP contribution in [0.5, 0.6) is 0 Å². The Morgan fingerprint density at radius 3 is 2.57 bits per heavy atom. The van der Waals surface area contributed by atoms with Gasteiger partial charge in [-0.3, -0.25) is 9.36 Å². The van der Waals surface area contributed by atoms with Gasteiger partial charge in [-0.2, -0.15) is 0 Å². The zero-order valence-corrected chi connectivity index (χ0v) is 15.9. The van der Waals surface area contributed by atoms with Crippen LogP contribution in [0.2, 0.25) is 5.02 Å². The van der Waals surface area contributed by atoms with E-state index in [1.807, 2.05) is 17.6 Å². The van der Waals surface area contributed by atoms with Gasteiger partial charge in [0.05, 0.1) is 11.4 Å². The number of fused-ring (bicyclic) bond motifs is 3. The van der Waals surface area contributed by atoms with Crippen LogP contribution < -0.4 is 0 Å². The Morgan fingerprint density at radius 2 is 1.89 bits per heavy atom. The van der Waals surface area contributed by atoms with Crippen LogP contribution in [-0.4, -0.2) is 31.4 Å². The summed E-state index contributed by atoms with van der Waals surface area (Å²) in [6.45, 7) is 2.97. The number of hydrogen-bond acceptors (Lipinski definition) is 4. The summed E-state index contributed by atoms with van der Waals surface area (Å²) < 4.78 is 16.2. The smallest absolute Gasteiger partial charge is 0.300 e. The van der Waals surface area contributed by atoms with Crippen molar-refractivity contribution in [3.8, 4) is 5.69 Å². The maximum atomic E-state index is 14.3. The number of halogens is 2. The number of aliphatic imine (C=N–C) groups is 1. The molecule has 0 amide bonds. The lowest BCUT2D eigenvalue weighted by molar-refractivity contribution is -0.134. The van der Waals surface area contributed by atoms with Crippen LogP contribution in [0.1, 0.15) is 35.8 Å². The first-order valence-electron chi connectivity index (χ1n) is 8.34. The summed E-state index contributed by atoms with van der Waals surface area (Å²) in [7, 11) is 0. The zero-order valence-electron chi connectivity index (χ0n) is 15.1. The van der Waals surface area contributed by atoms with Crippen molar-refractivity contribution >= 4 is 23.3 Å². The molecule has 0 spiro atoms. The molecular formula is C20H17ClFN3O3. The van der Waals surface area contributed by atoms with E-state index in [2.05, 4.69) is 9.98 Å². The fourth-order valence-corrected chi connectivity index (χ4v) is 3.13. The standard InChI is InChI=1S/C18H13ClFN3O.C2H4O2/c1-10-9-21-17-18(24)22-16(12-4-2-3-5-14(12)20)13-8-11(19)6-7-15(13)23(10)17;1-2(3)4/h2-9,18,24H,1H3;1H3,(H,3,4). The molecule has 0 saturated carbocycles. The van der Waals surface area contributed by atoms with Crippen molar-refractivity contribution in [3.63, 3.8) is 0 Å². The maximum absolute atomic E-state index is 14.3. The highest BCUT2D eigenvalue weighted by Gasteiger charge is 2.26. The summed E-state index contributed by atoms with van der Waals surface area (Å²) in [5.41, 5.74) is 2.90. The molecule has 4 rings (SSSR count). The number of aliphatic carboxylic acids is 1. The van der Waals surface area contributed by atoms with Gasteiger partial charge in [0.1, 0.15) is 5.82 Å². The van der Waals surface area contributed by atoms with E-state index in [9.17, 15) is 9.50 Å². The van der Waals surface area contributed by atoms with Crippen LogP contribution in [0, 0.1) is 12.7 Å². The van der Waals surface area contributed by atoms with Crippen LogP contribution in [0.25, 0.3) is 5.69 Å². The van der Waals surface area contributed by atoms with Crippen molar-refractivity contribution in [1.29, 1.82) is 0 Å². The summed E-state index contributed by atoms with van der Waals surface area (Å²) in [6, 6.07) is 11.6. The minimum absolute atomic E-state index is 0.309. The molecule has 28 heavy (non-hydrogen) atoms. The van der Waals surface area contributed by atoms with Crippen LogP contribution >= 0.6 is 11.6 Å². The van der Waals surface area contributed by atoms with Gasteiger partial charge in [0.2, 0.25) is 6.23 Å². The van der Waals surface area contributed by atoms with Crippen molar-refractivity contribution in [2.75, 3.05) is 0 Å². The Kier molecular flexibility index (Phi) is 5.58. The van der Waals surface area contributed by atoms with E-state index >= 15 is 0 Å². The van der Waals surface area contributed by atoms with Crippen LogP contribution in [0.15, 0.2) is 53.7 Å². The molecule has 1 aliphatic rings. The number of aromatic nitrogens is 2. The number of carboxylic acid groups (broad SMARTS) is 1. The van der Waals surface area contributed by atoms with Crippen LogP contribution in [0.4, 0.5) is 4.39 Å². The molecule has 0 fully saturated rings. The van der Waals surface area contributed by atoms with Crippen molar-refractivity contribution < 1.29 is 19.4 Å². The largest absolute Gasteiger partial charge is 0.481 e. The third-order valence-corrected chi connectivity index (χ3v) is 4.27. The molecule has 0 radical (unpaired) electrons. The molecule has 0 saturated heterocycles. The monoisotopic (exact) mass is 401 g/mol. The average molecular weight is 402 g/mol. The van der Waals surface area contributed by atoms with Gasteiger partial charge in [0.15, 0.2) is 5.82 Å². The van der Waals surface area contributed by atoms with Gasteiger partial charge in [-0.25, -0.2) is 14.4 Å². The molecule has 0 aliphatic carbocycles. The molecule has 2 aromatic carbocycles. The molecule has 0 bridgehead atoms. The fraction of sp³-hybridized carbons (Fsp3) is 0.150. The second-order valence-corrected chi connectivity index (χ2v) is 6.54. The maximum Gasteiger partial charge on any atom is 0.300 e. The van der Waals surface area contributed by atoms with E-state index in [1.54, 1.807) is 36.5 Å². The lowest BCUT2D eigenvalue weighted by Crippen LogP contribution is -2.09. The highest BCUT2D eigenvalue weighted by atomic mass is 35.5. The molecule has 144 valence electrons. The van der Waals surface area contributed by atoms with E-state index in [0.717, 1.165) is 18.3 Å². The quantitative estimate of drug-likeness (QED) is 0.647. The second-order valence-electron chi connectivity index (χ2n) is 6.10. The summed E-state index contributed by atoms with van der Waals surface area (Å²) in [5, 5.41) is 18.4. The molecule has 6 nitrogen and oxygen atoms in total. The highest BCUT2D eigenvalue weighted by molar-refractivity contribution is 6.31. The number of hydrogen-bond donors (Lipinski definition) is 2. The average Bonchev–Trinajstić information content (AvgIpc) is 2.96. The minimum atomic E-state index is -1.19. The van der Waals surface area contributed by atoms with Crippen molar-refractivity contribution in [2.24, 2.45) is 4.99 Å². The van der Waals surface area contributed by atoms with Gasteiger partial charge >= 0.3 is 0 Å². The van der Waals surface area contributed by atoms with Gasteiger partial charge < -0.3 is 10.2 Å². The Morgan fingerprint density at radius 1 is 1.21 bits per heavy atom. The van der Waals surface area contributed by atoms with Gasteiger partial charge in [0.25, 0.3) is 5.97 Å². The van der Waals surface area contributed by atoms with Crippen LogP contribution in [0.3, 0.4) is 0 Å². The number of rotatable bonds is 1. The van der Waals surface area contributed by atoms with E-state index < -0.39 is 18.0 Å². The number of imidazole rings is 1. The Hall–Kier alpha value is -3.03. The van der Waals surface area contributed by atoms with E-state index in [4.69, 9.17) is 21.5 Å². The van der Waals surface area contributed by atoms with E-state index in [-0.39, 0.29) is 0 Å². The third kappa shape index (κ3) is 3.81. The molecule has 1 aromatic heterocycles. The first kappa shape index (κ1) is 19.7. The van der Waals surface area contributed by atoms with Crippen molar-refractivity contribution in [1.82, 2.24) is 9.55 Å². The minimum Gasteiger partial charge on any atom is -0.481 e. The molecule has 2 heterocycles. The molecule has 1 atom stereocenters. The first-order valence-corrected chi connectivity index (χ1v) is 8.72. The normalized spacial score (nSPS) is 14.8. The van der Waals surface area contributed by atoms with Crippen LogP contribution in [-0.2, 0) is 4.79 Å². The van der Waals surface area contributed by atoms with E-state index in [0.29, 0.717) is 27.7 Å². The number of aryl methyl sites for hydroxylation is 1. The number of nitrogens with zero attached hydrogens (tertiary/aromatic N) is 3. The molecule has 1 aliphatic heterocycles. The molecular weight excluding hydrogens is 385 g/mol. The highest BCUT2D eigenvalue weighted by Crippen LogP contribution is 2.32. The third-order valence-electron chi connectivity index (χ3n) is 4.03. The molecule has 2 N–H and O–H groups in total. The molecule has 3 aromatic rings. The predicted octanol–water partition coefficient (Wildman–Crippen LogP) is 3.91. The summed E-state index contributed by atoms with van der Waals surface area (Å²) in [4.78, 5) is 17.6. The van der Waals surface area contributed by atoms with Gasteiger partial charge in [-0.1, -0.05) is 23.7 Å². The predicted molar refractivity (Wildman–Crippen MR) is 104 cm³/mol. The molecule has 8 heteroatoms. The Bertz CT molecular complexity index is 1070. The SMILES string of the molecule is CC(=O)O.Cc1cnc2n1-c1ccc(Cl)cc1C(c1ccccc1F)=NC2O. The number of aliphatic hydroxyl groups excluding tert-OH is 1. The first-order chi connectivity index (χ1) is 13.3. The van der Waals surface area contributed by atoms with E-state index in [1.165, 1.54) is 6.07 Å². The second kappa shape index (κ2) is 7.92.